The van der Waals surface area contributed by atoms with Crippen LogP contribution in [0.1, 0.15) is 48.0 Å². The van der Waals surface area contributed by atoms with Gasteiger partial charge in [-0.15, -0.1) is 0 Å². The highest BCUT2D eigenvalue weighted by Crippen LogP contribution is 2.58. The Morgan fingerprint density at radius 3 is 1.05 bits per heavy atom. The van der Waals surface area contributed by atoms with Crippen molar-refractivity contribution < 1.29 is 35.1 Å². The first kappa shape index (κ1) is 20.4. The van der Waals surface area contributed by atoms with Crippen molar-refractivity contribution in [3.05, 3.63) is 0 Å². The summed E-state index contributed by atoms with van der Waals surface area (Å²) in [5.41, 5.74) is -9.70. The van der Waals surface area contributed by atoms with E-state index in [0.717, 1.165) is 20.8 Å². The Kier molecular flexibility index (Phi) is 4.85. The maximum absolute atomic E-state index is 14.3. The summed E-state index contributed by atoms with van der Waals surface area (Å²) in [6, 6.07) is 0. The number of rotatable bonds is 3. The molecule has 1 unspecified atom stereocenters. The summed E-state index contributed by atoms with van der Waals surface area (Å²) in [4.78, 5) is 0. The third kappa shape index (κ3) is 3.44. The van der Waals surface area contributed by atoms with E-state index in [-0.39, 0.29) is 0 Å². The molecule has 0 amide bonds. The Morgan fingerprint density at radius 2 is 0.857 bits per heavy atom. The highest BCUT2D eigenvalue weighted by Gasteiger charge is 2.77. The molecule has 0 aromatic carbocycles. The molecular weight excluding hydrogens is 308 g/mol. The summed E-state index contributed by atoms with van der Waals surface area (Å²) in [6.45, 7) is 4.49. The van der Waals surface area contributed by atoms with E-state index in [4.69, 9.17) is 0 Å². The molecule has 0 fully saturated rings. The molecule has 0 nitrogen and oxygen atoms in total. The zero-order chi connectivity index (χ0) is 17.7. The zero-order valence-electron chi connectivity index (χ0n) is 12.7. The van der Waals surface area contributed by atoms with Crippen LogP contribution in [0.25, 0.3) is 0 Å². The highest BCUT2D eigenvalue weighted by molar-refractivity contribution is 5.09. The van der Waals surface area contributed by atoms with Crippen LogP contribution in [-0.4, -0.2) is 23.7 Å². The first-order chi connectivity index (χ1) is 8.71. The van der Waals surface area contributed by atoms with Crippen LogP contribution in [0.4, 0.5) is 35.1 Å². The van der Waals surface area contributed by atoms with Crippen molar-refractivity contribution in [2.75, 3.05) is 0 Å². The van der Waals surface area contributed by atoms with Crippen molar-refractivity contribution in [1.82, 2.24) is 0 Å². The Hall–Kier alpha value is -0.560. The summed E-state index contributed by atoms with van der Waals surface area (Å²) < 4.78 is 108. The molecule has 128 valence electrons. The van der Waals surface area contributed by atoms with Gasteiger partial charge in [0.25, 0.3) is 17.5 Å². The molecule has 0 spiro atoms. The fourth-order valence-electron chi connectivity index (χ4n) is 1.85. The molecule has 0 aliphatic carbocycles. The number of hydrogen-bond donors (Lipinski definition) is 0. The lowest BCUT2D eigenvalue weighted by atomic mass is 9.70. The van der Waals surface area contributed by atoms with Gasteiger partial charge in [-0.1, -0.05) is 41.5 Å². The Balaban J connectivity index is 5.96. The van der Waals surface area contributed by atoms with Crippen molar-refractivity contribution in [3.63, 3.8) is 0 Å². The fourth-order valence-corrected chi connectivity index (χ4v) is 1.85. The monoisotopic (exact) mass is 328 g/mol. The predicted octanol–water partition coefficient (Wildman–Crippen LogP) is 6.01. The van der Waals surface area contributed by atoms with Gasteiger partial charge in [0.1, 0.15) is 0 Å². The smallest absolute Gasteiger partial charge is 0.226 e. The lowest BCUT2D eigenvalue weighted by molar-refractivity contribution is -0.346. The van der Waals surface area contributed by atoms with E-state index in [1.165, 1.54) is 0 Å². The van der Waals surface area contributed by atoms with E-state index in [2.05, 4.69) is 0 Å². The lowest BCUT2D eigenvalue weighted by Crippen LogP contribution is -2.64. The Labute approximate surface area is 118 Å². The van der Waals surface area contributed by atoms with E-state index in [1.807, 2.05) is 0 Å². The van der Waals surface area contributed by atoms with Gasteiger partial charge in [-0.2, -0.15) is 13.2 Å². The SMILES string of the molecule is CC(C)(C)C(F)(F)CC(F)(F)C(F)(C(C)(C)C)C(F)(F)F. The molecule has 0 aliphatic heterocycles. The number of halogens is 8. The molecule has 21 heavy (non-hydrogen) atoms. The summed E-state index contributed by atoms with van der Waals surface area (Å²) in [5.74, 6) is -9.45. The summed E-state index contributed by atoms with van der Waals surface area (Å²) in [6.07, 6.45) is -8.50. The third-order valence-corrected chi connectivity index (χ3v) is 3.47. The summed E-state index contributed by atoms with van der Waals surface area (Å²) in [5, 5.41) is 0. The Bertz CT molecular complexity index is 353. The number of hydrogen-bond acceptors (Lipinski definition) is 0. The standard InChI is InChI=1S/C13H20F8/c1-8(2,3)10(14,15)7-11(16,17)12(18,9(4,5)6)13(19,20)21/h7H2,1-6H3. The topological polar surface area (TPSA) is 0 Å². The van der Waals surface area contributed by atoms with Crippen LogP contribution < -0.4 is 0 Å². The maximum atomic E-state index is 14.3. The third-order valence-electron chi connectivity index (χ3n) is 3.47. The van der Waals surface area contributed by atoms with Crippen molar-refractivity contribution in [2.24, 2.45) is 10.8 Å². The molecule has 0 aliphatic rings. The molecule has 0 rings (SSSR count). The molecule has 0 N–H and O–H groups in total. The van der Waals surface area contributed by atoms with Gasteiger partial charge in [-0.05, 0) is 0 Å². The minimum absolute atomic E-state index is 0.601. The molecule has 0 saturated carbocycles. The van der Waals surface area contributed by atoms with E-state index in [9.17, 15) is 35.1 Å². The summed E-state index contributed by atoms with van der Waals surface area (Å²) in [7, 11) is 0. The van der Waals surface area contributed by atoms with E-state index in [1.54, 1.807) is 0 Å². The highest BCUT2D eigenvalue weighted by atomic mass is 19.4. The molecule has 0 aromatic rings. The first-order valence-corrected chi connectivity index (χ1v) is 6.22. The minimum atomic E-state index is -5.98. The molecule has 0 bridgehead atoms. The van der Waals surface area contributed by atoms with Gasteiger partial charge in [-0.3, -0.25) is 0 Å². The van der Waals surface area contributed by atoms with E-state index >= 15 is 0 Å². The average Bonchev–Trinajstić information content (AvgIpc) is 2.08. The maximum Gasteiger partial charge on any atom is 0.429 e. The van der Waals surface area contributed by atoms with Gasteiger partial charge in [-0.25, -0.2) is 22.0 Å². The normalized spacial score (nSPS) is 18.6. The van der Waals surface area contributed by atoms with Crippen molar-refractivity contribution >= 4 is 0 Å². The second-order valence-electron chi connectivity index (χ2n) is 7.24. The van der Waals surface area contributed by atoms with Gasteiger partial charge >= 0.3 is 6.18 Å². The molecule has 0 heterocycles. The van der Waals surface area contributed by atoms with Crippen molar-refractivity contribution in [2.45, 2.75) is 71.7 Å². The van der Waals surface area contributed by atoms with Gasteiger partial charge in [0.15, 0.2) is 0 Å². The van der Waals surface area contributed by atoms with E-state index < -0.39 is 40.9 Å². The van der Waals surface area contributed by atoms with Gasteiger partial charge in [0.2, 0.25) is 0 Å². The molecule has 1 atom stereocenters. The molecule has 0 saturated heterocycles. The van der Waals surface area contributed by atoms with Crippen LogP contribution in [0.3, 0.4) is 0 Å². The molecule has 0 radical (unpaired) electrons. The van der Waals surface area contributed by atoms with Crippen LogP contribution in [0.5, 0.6) is 0 Å². The average molecular weight is 328 g/mol. The molecular formula is C13H20F8. The van der Waals surface area contributed by atoms with Crippen LogP contribution in [0.2, 0.25) is 0 Å². The minimum Gasteiger partial charge on any atom is -0.226 e. The van der Waals surface area contributed by atoms with Gasteiger partial charge in [0, 0.05) is 10.8 Å². The van der Waals surface area contributed by atoms with Crippen LogP contribution in [0.15, 0.2) is 0 Å². The Morgan fingerprint density at radius 1 is 0.524 bits per heavy atom. The second-order valence-corrected chi connectivity index (χ2v) is 7.24. The first-order valence-electron chi connectivity index (χ1n) is 6.22. The van der Waals surface area contributed by atoms with Crippen LogP contribution in [0, 0.1) is 10.8 Å². The molecule has 8 heteroatoms. The largest absolute Gasteiger partial charge is 0.429 e. The quantitative estimate of drug-likeness (QED) is 0.557. The lowest BCUT2D eigenvalue weighted by Gasteiger charge is -2.45. The fraction of sp³-hybridized carbons (Fsp3) is 1.00. The second kappa shape index (κ2) is 4.98. The summed E-state index contributed by atoms with van der Waals surface area (Å²) >= 11 is 0. The van der Waals surface area contributed by atoms with Crippen LogP contribution in [-0.2, 0) is 0 Å². The number of alkyl halides is 8. The molecule has 0 aromatic heterocycles. The van der Waals surface area contributed by atoms with E-state index in [0.29, 0.717) is 20.8 Å². The van der Waals surface area contributed by atoms with Gasteiger partial charge < -0.3 is 0 Å². The predicted molar refractivity (Wildman–Crippen MR) is 63.3 cm³/mol. The van der Waals surface area contributed by atoms with Crippen LogP contribution >= 0.6 is 0 Å². The zero-order valence-corrected chi connectivity index (χ0v) is 12.7. The van der Waals surface area contributed by atoms with Gasteiger partial charge in [0.05, 0.1) is 6.42 Å². The van der Waals surface area contributed by atoms with Crippen molar-refractivity contribution in [3.8, 4) is 0 Å². The van der Waals surface area contributed by atoms with Crippen molar-refractivity contribution in [1.29, 1.82) is 0 Å².